The third-order valence-electron chi connectivity index (χ3n) is 7.00. The van der Waals surface area contributed by atoms with E-state index in [4.69, 9.17) is 4.42 Å². The second kappa shape index (κ2) is 8.97. The molecule has 0 unspecified atom stereocenters. The summed E-state index contributed by atoms with van der Waals surface area (Å²) in [4.78, 5) is 12.0. The number of furan rings is 1. The summed E-state index contributed by atoms with van der Waals surface area (Å²) in [7, 11) is 0. The fraction of sp³-hybridized carbons (Fsp3) is 0.233. The molecule has 0 aliphatic carbocycles. The molecule has 1 aromatic heterocycles. The van der Waals surface area contributed by atoms with E-state index in [0.717, 1.165) is 61.7 Å². The molecule has 0 saturated carbocycles. The van der Waals surface area contributed by atoms with E-state index in [9.17, 15) is 9.90 Å². The van der Waals surface area contributed by atoms with Gasteiger partial charge in [0.2, 0.25) is 0 Å². The first-order valence-corrected chi connectivity index (χ1v) is 13.0. The van der Waals surface area contributed by atoms with Gasteiger partial charge in [-0.2, -0.15) is 0 Å². The van der Waals surface area contributed by atoms with E-state index >= 15 is 0 Å². The molecule has 1 N–H and O–H groups in total. The summed E-state index contributed by atoms with van der Waals surface area (Å²) in [5, 5.41) is 9.83. The van der Waals surface area contributed by atoms with Gasteiger partial charge < -0.3 is 13.8 Å². The van der Waals surface area contributed by atoms with Gasteiger partial charge in [-0.05, 0) is 61.6 Å². The Morgan fingerprint density at radius 3 is 2.29 bits per heavy atom. The first kappa shape index (κ1) is 23.3. The van der Waals surface area contributed by atoms with E-state index < -0.39 is 5.97 Å². The third-order valence-corrected chi connectivity index (χ3v) is 7.89. The number of rotatable bonds is 5. The third kappa shape index (κ3) is 3.84. The van der Waals surface area contributed by atoms with E-state index in [1.54, 1.807) is 11.9 Å². The molecule has 0 saturated heterocycles. The molecule has 0 spiro atoms. The molecule has 35 heavy (non-hydrogen) atoms. The van der Waals surface area contributed by atoms with Gasteiger partial charge in [0.1, 0.15) is 11.5 Å². The molecule has 3 aromatic carbocycles. The summed E-state index contributed by atoms with van der Waals surface area (Å²) < 4.78 is 8.76. The number of aliphatic carboxylic acids is 1. The summed E-state index contributed by atoms with van der Waals surface area (Å²) in [6, 6.07) is 20.7. The Labute approximate surface area is 210 Å². The van der Waals surface area contributed by atoms with Gasteiger partial charge in [0, 0.05) is 22.9 Å². The topological polar surface area (TPSA) is 53.7 Å². The number of aryl methyl sites for hydroxylation is 1. The van der Waals surface area contributed by atoms with Crippen molar-refractivity contribution in [1.82, 2.24) is 0 Å². The number of hydrogen-bond donors (Lipinski definition) is 1. The highest BCUT2D eigenvalue weighted by molar-refractivity contribution is 8.00. The lowest BCUT2D eigenvalue weighted by atomic mass is 9.81. The minimum Gasteiger partial charge on any atom is -0.481 e. The van der Waals surface area contributed by atoms with Gasteiger partial charge >= 0.3 is 5.97 Å². The van der Waals surface area contributed by atoms with Crippen molar-refractivity contribution in [2.75, 3.05) is 10.6 Å². The molecular formula is C30H29NO3S. The van der Waals surface area contributed by atoms with Crippen LogP contribution in [0, 0.1) is 20.8 Å². The van der Waals surface area contributed by atoms with Gasteiger partial charge in [0.25, 0.3) is 0 Å². The Balaban J connectivity index is 1.85. The van der Waals surface area contributed by atoms with E-state index in [0.29, 0.717) is 0 Å². The molecule has 0 radical (unpaired) electrons. The Morgan fingerprint density at radius 2 is 1.66 bits per heavy atom. The smallest absolute Gasteiger partial charge is 0.307 e. The van der Waals surface area contributed by atoms with Crippen LogP contribution in [-0.4, -0.2) is 17.3 Å². The average Bonchev–Trinajstić information content (AvgIpc) is 3.29. The van der Waals surface area contributed by atoms with Gasteiger partial charge in [-0.15, -0.1) is 0 Å². The van der Waals surface area contributed by atoms with Crippen LogP contribution in [0.2, 0.25) is 0 Å². The van der Waals surface area contributed by atoms with E-state index in [1.165, 1.54) is 5.56 Å². The number of fused-ring (bicyclic) bond motifs is 3. The molecule has 2 heterocycles. The Kier molecular flexibility index (Phi) is 5.97. The highest BCUT2D eigenvalue weighted by Crippen LogP contribution is 2.55. The normalized spacial score (nSPS) is 14.5. The lowest BCUT2D eigenvalue weighted by Gasteiger charge is -2.37. The maximum Gasteiger partial charge on any atom is 0.307 e. The summed E-state index contributed by atoms with van der Waals surface area (Å²) in [6.45, 7) is 8.39. The Morgan fingerprint density at radius 1 is 0.971 bits per heavy atom. The maximum atomic E-state index is 12.0. The maximum absolute atomic E-state index is 12.0. The van der Waals surface area contributed by atoms with Crippen LogP contribution >= 0.6 is 11.9 Å². The van der Waals surface area contributed by atoms with Crippen LogP contribution in [0.1, 0.15) is 41.0 Å². The molecular weight excluding hydrogens is 454 g/mol. The van der Waals surface area contributed by atoms with Crippen molar-refractivity contribution in [2.45, 2.75) is 40.2 Å². The minimum atomic E-state index is -0.823. The van der Waals surface area contributed by atoms with Crippen LogP contribution < -0.4 is 4.31 Å². The lowest BCUT2D eigenvalue weighted by Crippen LogP contribution is -2.25. The molecule has 0 bridgehead atoms. The second-order valence-corrected chi connectivity index (χ2v) is 9.96. The van der Waals surface area contributed by atoms with Crippen LogP contribution in [0.5, 0.6) is 0 Å². The van der Waals surface area contributed by atoms with Crippen molar-refractivity contribution >= 4 is 23.6 Å². The van der Waals surface area contributed by atoms with Crippen LogP contribution in [0.25, 0.3) is 33.6 Å². The number of benzene rings is 3. The summed E-state index contributed by atoms with van der Waals surface area (Å²) in [5.74, 6) is 0.963. The van der Waals surface area contributed by atoms with Crippen molar-refractivity contribution in [2.24, 2.45) is 0 Å². The van der Waals surface area contributed by atoms with E-state index in [-0.39, 0.29) is 12.5 Å². The predicted molar refractivity (Wildman–Crippen MR) is 145 cm³/mol. The van der Waals surface area contributed by atoms with Gasteiger partial charge in [0.05, 0.1) is 18.2 Å². The van der Waals surface area contributed by atoms with Crippen LogP contribution in [-0.2, 0) is 11.2 Å². The van der Waals surface area contributed by atoms with Crippen molar-refractivity contribution in [3.63, 3.8) is 0 Å². The van der Waals surface area contributed by atoms with Crippen molar-refractivity contribution in [3.05, 3.63) is 88.7 Å². The SMILES string of the molecule is CSN1c2c(C)c(CC(=O)O)c(-c3ccc(C)cc3)c(C)c2-c2cc(-c3ccccc3)oc2[C@@H]1C. The fourth-order valence-corrected chi connectivity index (χ4v) is 6.16. The number of nitrogens with zero attached hydrogens (tertiary/aromatic N) is 1. The quantitative estimate of drug-likeness (QED) is 0.292. The predicted octanol–water partition coefficient (Wildman–Crippen LogP) is 7.99. The molecule has 1 atom stereocenters. The van der Waals surface area contributed by atoms with Gasteiger partial charge in [-0.1, -0.05) is 72.1 Å². The number of carboxylic acid groups (broad SMARTS) is 1. The largest absolute Gasteiger partial charge is 0.481 e. The minimum absolute atomic E-state index is 0.00552. The Hall–Kier alpha value is -3.44. The highest BCUT2D eigenvalue weighted by Gasteiger charge is 2.36. The molecule has 1 aliphatic rings. The highest BCUT2D eigenvalue weighted by atomic mass is 32.2. The second-order valence-electron chi connectivity index (χ2n) is 9.20. The van der Waals surface area contributed by atoms with Gasteiger partial charge in [-0.3, -0.25) is 4.79 Å². The first-order chi connectivity index (χ1) is 16.8. The average molecular weight is 484 g/mol. The van der Waals surface area contributed by atoms with Crippen molar-refractivity contribution in [1.29, 1.82) is 0 Å². The van der Waals surface area contributed by atoms with E-state index in [1.807, 2.05) is 18.2 Å². The number of hydrogen-bond acceptors (Lipinski definition) is 4. The number of carbonyl (C=O) groups is 1. The van der Waals surface area contributed by atoms with Crippen molar-refractivity contribution < 1.29 is 14.3 Å². The summed E-state index contributed by atoms with van der Waals surface area (Å²) in [5.41, 5.74) is 10.5. The molecule has 178 valence electrons. The van der Waals surface area contributed by atoms with Crippen LogP contribution in [0.15, 0.2) is 65.1 Å². The molecule has 0 amide bonds. The first-order valence-electron chi connectivity index (χ1n) is 11.8. The standard InChI is InChI=1S/C30H29NO3S/c1-17-11-13-22(14-12-17)27-19(3)28-24-15-25(21-9-7-6-8-10-21)34-30(24)20(4)31(35-5)29(28)18(2)23(27)16-26(32)33/h6-15,20H,16H2,1-5H3,(H,32,33)/t20-/m0/s1. The molecule has 1 aliphatic heterocycles. The van der Waals surface area contributed by atoms with Gasteiger partial charge in [-0.25, -0.2) is 0 Å². The number of carboxylic acids is 1. The zero-order valence-corrected chi connectivity index (χ0v) is 21.5. The molecule has 4 aromatic rings. The van der Waals surface area contributed by atoms with Crippen LogP contribution in [0.4, 0.5) is 5.69 Å². The molecule has 5 rings (SSSR count). The van der Waals surface area contributed by atoms with E-state index in [2.05, 4.69) is 80.7 Å². The zero-order chi connectivity index (χ0) is 24.9. The molecule has 5 heteroatoms. The lowest BCUT2D eigenvalue weighted by molar-refractivity contribution is -0.136. The summed E-state index contributed by atoms with van der Waals surface area (Å²) in [6.07, 6.45) is 2.04. The van der Waals surface area contributed by atoms with Crippen LogP contribution in [0.3, 0.4) is 0 Å². The fourth-order valence-electron chi connectivity index (χ4n) is 5.34. The van der Waals surface area contributed by atoms with Crippen molar-refractivity contribution in [3.8, 4) is 33.6 Å². The molecule has 0 fully saturated rings. The molecule has 4 nitrogen and oxygen atoms in total. The monoisotopic (exact) mass is 483 g/mol. The Bertz CT molecular complexity index is 1420. The summed E-state index contributed by atoms with van der Waals surface area (Å²) >= 11 is 1.65. The van der Waals surface area contributed by atoms with Gasteiger partial charge in [0.15, 0.2) is 0 Å². The number of anilines is 1. The zero-order valence-electron chi connectivity index (χ0n) is 20.7.